The summed E-state index contributed by atoms with van der Waals surface area (Å²) in [6.07, 6.45) is 3.44. The van der Waals surface area contributed by atoms with Crippen LogP contribution >= 0.6 is 23.4 Å². The molecule has 0 aromatic heterocycles. The molecule has 0 aliphatic rings. The first-order chi connectivity index (χ1) is 8.10. The maximum Gasteiger partial charge on any atom is 0.339 e. The molecule has 5 nitrogen and oxygen atoms in total. The zero-order valence-electron chi connectivity index (χ0n) is 8.77. The van der Waals surface area contributed by atoms with Crippen LogP contribution in [0.1, 0.15) is 10.4 Å². The zero-order chi connectivity index (χ0) is 12.8. The Kier molecular flexibility index (Phi) is 4.82. The Morgan fingerprint density at radius 3 is 2.88 bits per heavy atom. The number of rotatable bonds is 2. The number of nitriles is 1. The highest BCUT2D eigenvalue weighted by Crippen LogP contribution is 2.27. The largest absolute Gasteiger partial charge is 0.478 e. The van der Waals surface area contributed by atoms with Crippen molar-refractivity contribution in [1.29, 1.82) is 5.26 Å². The molecular weight excluding hydrogens is 262 g/mol. The number of hydrogen-bond acceptors (Lipinski definition) is 4. The van der Waals surface area contributed by atoms with Gasteiger partial charge in [-0.05, 0) is 18.4 Å². The highest BCUT2D eigenvalue weighted by atomic mass is 35.5. The highest BCUT2D eigenvalue weighted by molar-refractivity contribution is 8.13. The third-order valence-corrected chi connectivity index (χ3v) is 2.68. The van der Waals surface area contributed by atoms with Gasteiger partial charge < -0.3 is 5.11 Å². The van der Waals surface area contributed by atoms with Gasteiger partial charge in [0.1, 0.15) is 5.56 Å². The lowest BCUT2D eigenvalue weighted by atomic mass is 10.2. The number of hydrogen-bond donors (Lipinski definition) is 2. The Labute approximate surface area is 107 Å². The van der Waals surface area contributed by atoms with E-state index < -0.39 is 5.97 Å². The summed E-state index contributed by atoms with van der Waals surface area (Å²) in [5.74, 6) is -1.16. The fourth-order valence-corrected chi connectivity index (χ4v) is 1.69. The molecule has 0 saturated heterocycles. The van der Waals surface area contributed by atoms with E-state index in [1.807, 2.05) is 0 Å². The van der Waals surface area contributed by atoms with Gasteiger partial charge in [0.2, 0.25) is 0 Å². The third kappa shape index (κ3) is 3.37. The van der Waals surface area contributed by atoms with Crippen LogP contribution in [0.5, 0.6) is 0 Å². The Balaban J connectivity index is 3.27. The first-order valence-corrected chi connectivity index (χ1v) is 6.00. The lowest BCUT2D eigenvalue weighted by molar-refractivity contribution is 0.0698. The molecule has 0 bridgehead atoms. The van der Waals surface area contributed by atoms with Gasteiger partial charge in [-0.2, -0.15) is 5.26 Å². The molecule has 0 amide bonds. The van der Waals surface area contributed by atoms with Gasteiger partial charge in [0, 0.05) is 0 Å². The summed E-state index contributed by atoms with van der Waals surface area (Å²) in [7, 11) is 0. The van der Waals surface area contributed by atoms with E-state index in [4.69, 9.17) is 22.0 Å². The summed E-state index contributed by atoms with van der Waals surface area (Å²) >= 11 is 6.98. The molecule has 0 unspecified atom stereocenters. The van der Waals surface area contributed by atoms with Crippen molar-refractivity contribution in [2.24, 2.45) is 4.99 Å². The van der Waals surface area contributed by atoms with Crippen molar-refractivity contribution in [2.75, 3.05) is 6.26 Å². The third-order valence-electron chi connectivity index (χ3n) is 1.78. The van der Waals surface area contributed by atoms with Gasteiger partial charge in [-0.1, -0.05) is 29.4 Å². The van der Waals surface area contributed by atoms with Crippen molar-refractivity contribution in [3.63, 3.8) is 0 Å². The molecule has 88 valence electrons. The Bertz CT molecular complexity index is 511. The van der Waals surface area contributed by atoms with Crippen LogP contribution in [-0.2, 0) is 0 Å². The van der Waals surface area contributed by atoms with Crippen LogP contribution in [0.3, 0.4) is 0 Å². The van der Waals surface area contributed by atoms with E-state index >= 15 is 0 Å². The molecule has 0 aliphatic carbocycles. The molecule has 17 heavy (non-hydrogen) atoms. The molecule has 0 aliphatic heterocycles. The average molecular weight is 270 g/mol. The predicted molar refractivity (Wildman–Crippen MR) is 67.8 cm³/mol. The van der Waals surface area contributed by atoms with Crippen LogP contribution in [-0.4, -0.2) is 22.5 Å². The minimum Gasteiger partial charge on any atom is -0.478 e. The molecule has 0 heterocycles. The second-order valence-corrected chi connectivity index (χ2v) is 4.00. The van der Waals surface area contributed by atoms with Gasteiger partial charge in [-0.25, -0.2) is 9.79 Å². The number of amidine groups is 1. The molecule has 7 heteroatoms. The van der Waals surface area contributed by atoms with Crippen molar-refractivity contribution in [1.82, 2.24) is 5.32 Å². The quantitative estimate of drug-likeness (QED) is 0.373. The number of aliphatic imine (C=N–C) groups is 1. The van der Waals surface area contributed by atoms with Crippen LogP contribution in [0.15, 0.2) is 23.2 Å². The Morgan fingerprint density at radius 1 is 1.65 bits per heavy atom. The summed E-state index contributed by atoms with van der Waals surface area (Å²) in [6.45, 7) is 0. The summed E-state index contributed by atoms with van der Waals surface area (Å²) in [5, 5.41) is 20.3. The monoisotopic (exact) mass is 269 g/mol. The maximum absolute atomic E-state index is 11.0. The van der Waals surface area contributed by atoms with Gasteiger partial charge in [-0.15, -0.1) is 0 Å². The minimum atomic E-state index is -1.16. The first kappa shape index (κ1) is 13.4. The van der Waals surface area contributed by atoms with Gasteiger partial charge in [0.05, 0.1) is 10.7 Å². The fourth-order valence-electron chi connectivity index (χ4n) is 1.10. The molecular formula is C10H8ClN3O2S. The normalized spacial score (nSPS) is 10.8. The van der Waals surface area contributed by atoms with Crippen LogP contribution in [0.4, 0.5) is 5.69 Å². The number of carboxylic acids is 1. The number of carbonyl (C=O) groups is 1. The van der Waals surface area contributed by atoms with E-state index in [2.05, 4.69) is 10.3 Å². The highest BCUT2D eigenvalue weighted by Gasteiger charge is 2.14. The standard InChI is InChI=1S/C10H8ClN3O2S/c1-17-10(13-5-12)14-7-4-2-3-6(11)8(7)9(15)16/h2-4H,1H3,(H,13,14)(H,15,16). The second-order valence-electron chi connectivity index (χ2n) is 2.80. The van der Waals surface area contributed by atoms with E-state index in [0.29, 0.717) is 5.17 Å². The molecule has 0 spiro atoms. The van der Waals surface area contributed by atoms with Crippen LogP contribution < -0.4 is 5.32 Å². The maximum atomic E-state index is 11.0. The molecule has 0 radical (unpaired) electrons. The number of halogens is 1. The van der Waals surface area contributed by atoms with Gasteiger partial charge in [-0.3, -0.25) is 5.32 Å². The van der Waals surface area contributed by atoms with Gasteiger partial charge in [0.15, 0.2) is 11.4 Å². The molecule has 1 aromatic carbocycles. The topological polar surface area (TPSA) is 85.5 Å². The smallest absolute Gasteiger partial charge is 0.339 e. The summed E-state index contributed by atoms with van der Waals surface area (Å²) in [5.41, 5.74) is 0.123. The first-order valence-electron chi connectivity index (χ1n) is 4.39. The van der Waals surface area contributed by atoms with Crippen molar-refractivity contribution >= 4 is 40.2 Å². The predicted octanol–water partition coefficient (Wildman–Crippen LogP) is 2.46. The van der Waals surface area contributed by atoms with E-state index in [1.54, 1.807) is 18.5 Å². The van der Waals surface area contributed by atoms with Gasteiger partial charge >= 0.3 is 5.97 Å². The lowest BCUT2D eigenvalue weighted by Gasteiger charge is -2.04. The molecule has 0 fully saturated rings. The number of benzene rings is 1. The fraction of sp³-hybridized carbons (Fsp3) is 0.100. The van der Waals surface area contributed by atoms with Crippen molar-refractivity contribution in [2.45, 2.75) is 0 Å². The number of thioether (sulfide) groups is 1. The lowest BCUT2D eigenvalue weighted by Crippen LogP contribution is -2.13. The molecule has 1 rings (SSSR count). The number of aromatic carboxylic acids is 1. The van der Waals surface area contributed by atoms with Crippen molar-refractivity contribution < 1.29 is 9.90 Å². The van der Waals surface area contributed by atoms with Crippen molar-refractivity contribution in [3.8, 4) is 6.19 Å². The SMILES string of the molecule is CSC(=Nc1cccc(Cl)c1C(=O)O)NC#N. The Morgan fingerprint density at radius 2 is 2.35 bits per heavy atom. The molecule has 0 saturated carbocycles. The molecule has 0 atom stereocenters. The average Bonchev–Trinajstić information content (AvgIpc) is 2.28. The molecule has 2 N–H and O–H groups in total. The summed E-state index contributed by atoms with van der Waals surface area (Å²) < 4.78 is 0. The van der Waals surface area contributed by atoms with Crippen molar-refractivity contribution in [3.05, 3.63) is 28.8 Å². The number of nitrogens with zero attached hydrogens (tertiary/aromatic N) is 2. The van der Waals surface area contributed by atoms with E-state index in [9.17, 15) is 4.79 Å². The number of nitrogens with one attached hydrogen (secondary N) is 1. The number of carboxylic acid groups (broad SMARTS) is 1. The second kappa shape index (κ2) is 6.13. The Hall–Kier alpha value is -1.71. The van der Waals surface area contributed by atoms with E-state index in [0.717, 1.165) is 0 Å². The zero-order valence-corrected chi connectivity index (χ0v) is 10.3. The van der Waals surface area contributed by atoms with Crippen LogP contribution in [0.25, 0.3) is 0 Å². The minimum absolute atomic E-state index is 0.0829. The van der Waals surface area contributed by atoms with Crippen LogP contribution in [0, 0.1) is 11.5 Å². The van der Waals surface area contributed by atoms with Crippen LogP contribution in [0.2, 0.25) is 5.02 Å². The van der Waals surface area contributed by atoms with E-state index in [-0.39, 0.29) is 16.3 Å². The van der Waals surface area contributed by atoms with E-state index in [1.165, 1.54) is 23.9 Å². The van der Waals surface area contributed by atoms with Gasteiger partial charge in [0.25, 0.3) is 0 Å². The summed E-state index contributed by atoms with van der Waals surface area (Å²) in [6, 6.07) is 4.59. The summed E-state index contributed by atoms with van der Waals surface area (Å²) in [4.78, 5) is 15.1. The molecule has 1 aromatic rings.